The molecule has 15 heavy (non-hydrogen) atoms. The van der Waals surface area contributed by atoms with Crippen molar-refractivity contribution in [3.05, 3.63) is 15.0 Å². The van der Waals surface area contributed by atoms with E-state index in [2.05, 4.69) is 46.2 Å². The second-order valence-electron chi connectivity index (χ2n) is 3.48. The zero-order chi connectivity index (χ0) is 11.3. The molecule has 0 radical (unpaired) electrons. The van der Waals surface area contributed by atoms with Gasteiger partial charge in [-0.2, -0.15) is 5.10 Å². The molecule has 1 rings (SSSR count). The summed E-state index contributed by atoms with van der Waals surface area (Å²) in [4.78, 5) is 0. The van der Waals surface area contributed by atoms with E-state index in [1.807, 2.05) is 0 Å². The average molecular weight is 322 g/mol. The van der Waals surface area contributed by atoms with Crippen LogP contribution in [-0.4, -0.2) is 23.5 Å². The summed E-state index contributed by atoms with van der Waals surface area (Å²) in [6, 6.07) is 0. The van der Waals surface area contributed by atoms with Gasteiger partial charge in [0.15, 0.2) is 0 Å². The number of hydrogen-bond acceptors (Lipinski definition) is 2. The van der Waals surface area contributed by atoms with Gasteiger partial charge in [0.05, 0.1) is 15.0 Å². The van der Waals surface area contributed by atoms with Crippen molar-refractivity contribution in [1.29, 1.82) is 0 Å². The highest BCUT2D eigenvalue weighted by atomic mass is 127. The molecule has 4 heteroatoms. The van der Waals surface area contributed by atoms with Gasteiger partial charge < -0.3 is 4.74 Å². The van der Waals surface area contributed by atoms with Gasteiger partial charge in [-0.1, -0.05) is 13.8 Å². The van der Waals surface area contributed by atoms with E-state index >= 15 is 0 Å². The van der Waals surface area contributed by atoms with Crippen LogP contribution in [0.1, 0.15) is 31.7 Å². The van der Waals surface area contributed by atoms with Crippen LogP contribution in [0.15, 0.2) is 0 Å². The van der Waals surface area contributed by atoms with Gasteiger partial charge >= 0.3 is 0 Å². The number of nitrogens with zero attached hydrogens (tertiary/aromatic N) is 2. The number of rotatable bonds is 6. The highest BCUT2D eigenvalue weighted by Crippen LogP contribution is 2.18. The lowest BCUT2D eigenvalue weighted by molar-refractivity contribution is 0.188. The second-order valence-corrected chi connectivity index (χ2v) is 4.56. The Morgan fingerprint density at radius 3 is 2.60 bits per heavy atom. The summed E-state index contributed by atoms with van der Waals surface area (Å²) in [5.74, 6) is 0. The lowest BCUT2D eigenvalue weighted by Crippen LogP contribution is -2.07. The van der Waals surface area contributed by atoms with Gasteiger partial charge in [-0.25, -0.2) is 0 Å². The Hall–Kier alpha value is -0.100. The van der Waals surface area contributed by atoms with E-state index in [0.717, 1.165) is 32.4 Å². The van der Waals surface area contributed by atoms with Crippen LogP contribution >= 0.6 is 22.6 Å². The molecule has 0 saturated carbocycles. The molecule has 0 N–H and O–H groups in total. The Bertz CT molecular complexity index is 310. The molecular formula is C11H19IN2O. The van der Waals surface area contributed by atoms with Crippen molar-refractivity contribution in [3.8, 4) is 0 Å². The average Bonchev–Trinajstić information content (AvgIpc) is 2.55. The zero-order valence-corrected chi connectivity index (χ0v) is 11.9. The summed E-state index contributed by atoms with van der Waals surface area (Å²) in [5, 5.41) is 4.62. The molecule has 86 valence electrons. The number of halogens is 1. The second kappa shape index (κ2) is 6.48. The molecule has 0 bridgehead atoms. The summed E-state index contributed by atoms with van der Waals surface area (Å²) >= 11 is 2.41. The molecule has 1 aromatic heterocycles. The molecule has 3 nitrogen and oxygen atoms in total. The Morgan fingerprint density at radius 1 is 1.33 bits per heavy atom. The highest BCUT2D eigenvalue weighted by Gasteiger charge is 2.12. The zero-order valence-electron chi connectivity index (χ0n) is 9.72. The Labute approximate surface area is 105 Å². The van der Waals surface area contributed by atoms with Crippen LogP contribution in [0.5, 0.6) is 0 Å². The van der Waals surface area contributed by atoms with Crippen molar-refractivity contribution < 1.29 is 4.74 Å². The van der Waals surface area contributed by atoms with E-state index in [0.29, 0.717) is 0 Å². The van der Waals surface area contributed by atoms with Gasteiger partial charge in [0.1, 0.15) is 0 Å². The van der Waals surface area contributed by atoms with E-state index in [4.69, 9.17) is 4.74 Å². The predicted octanol–water partition coefficient (Wildman–Crippen LogP) is 2.65. The summed E-state index contributed by atoms with van der Waals surface area (Å²) in [7, 11) is 1.74. The van der Waals surface area contributed by atoms with Crippen molar-refractivity contribution in [3.63, 3.8) is 0 Å². The summed E-state index contributed by atoms with van der Waals surface area (Å²) in [6.45, 7) is 6.11. The molecule has 0 unspecified atom stereocenters. The van der Waals surface area contributed by atoms with Crippen molar-refractivity contribution in [2.45, 2.75) is 39.7 Å². The molecule has 0 atom stereocenters. The van der Waals surface area contributed by atoms with E-state index in [-0.39, 0.29) is 0 Å². The number of aryl methyl sites for hydroxylation is 2. The first-order valence-corrected chi connectivity index (χ1v) is 6.55. The van der Waals surface area contributed by atoms with E-state index in [1.165, 1.54) is 15.0 Å². The Balaban J connectivity index is 2.77. The highest BCUT2D eigenvalue weighted by molar-refractivity contribution is 14.1. The molecule has 0 aliphatic carbocycles. The van der Waals surface area contributed by atoms with Crippen LogP contribution in [0, 0.1) is 3.57 Å². The molecular weight excluding hydrogens is 303 g/mol. The molecule has 0 fully saturated rings. The third kappa shape index (κ3) is 3.17. The summed E-state index contributed by atoms with van der Waals surface area (Å²) < 4.78 is 8.54. The van der Waals surface area contributed by atoms with Crippen molar-refractivity contribution in [2.24, 2.45) is 0 Å². The quantitative estimate of drug-likeness (QED) is 0.595. The minimum absolute atomic E-state index is 0.807. The van der Waals surface area contributed by atoms with Crippen LogP contribution in [0.25, 0.3) is 0 Å². The number of aromatic nitrogens is 2. The maximum atomic E-state index is 5.06. The molecule has 0 aliphatic heterocycles. The molecule has 1 heterocycles. The van der Waals surface area contributed by atoms with Crippen molar-refractivity contribution in [2.75, 3.05) is 13.7 Å². The van der Waals surface area contributed by atoms with Gasteiger partial charge in [-0.05, 0) is 41.9 Å². The first-order chi connectivity index (χ1) is 7.24. The molecule has 0 amide bonds. The molecule has 0 spiro atoms. The number of hydrogen-bond donors (Lipinski definition) is 0. The maximum Gasteiger partial charge on any atom is 0.0758 e. The first kappa shape index (κ1) is 13.0. The topological polar surface area (TPSA) is 27.1 Å². The van der Waals surface area contributed by atoms with Crippen LogP contribution < -0.4 is 0 Å². The summed E-state index contributed by atoms with van der Waals surface area (Å²) in [5.41, 5.74) is 2.59. The van der Waals surface area contributed by atoms with Gasteiger partial charge in [0, 0.05) is 20.3 Å². The third-order valence-corrected chi connectivity index (χ3v) is 3.69. The van der Waals surface area contributed by atoms with Gasteiger partial charge in [0.25, 0.3) is 0 Å². The van der Waals surface area contributed by atoms with E-state index < -0.39 is 0 Å². The molecule has 0 saturated heterocycles. The normalized spacial score (nSPS) is 10.9. The fourth-order valence-electron chi connectivity index (χ4n) is 1.64. The molecule has 0 aliphatic rings. The largest absolute Gasteiger partial charge is 0.385 e. The minimum atomic E-state index is 0.807. The Kier molecular flexibility index (Phi) is 5.60. The van der Waals surface area contributed by atoms with Crippen molar-refractivity contribution >= 4 is 22.6 Å². The van der Waals surface area contributed by atoms with Crippen LogP contribution in [0.2, 0.25) is 0 Å². The summed E-state index contributed by atoms with van der Waals surface area (Å²) in [6.07, 6.45) is 3.10. The third-order valence-electron chi connectivity index (χ3n) is 2.45. The minimum Gasteiger partial charge on any atom is -0.385 e. The van der Waals surface area contributed by atoms with E-state index in [1.54, 1.807) is 7.11 Å². The van der Waals surface area contributed by atoms with Crippen molar-refractivity contribution in [1.82, 2.24) is 9.78 Å². The standard InChI is InChI=1S/C11H19IN2O/c1-4-9-11(12)10(5-2)14(13-9)7-6-8-15-3/h4-8H2,1-3H3. The predicted molar refractivity (Wildman–Crippen MR) is 70.2 cm³/mol. The van der Waals surface area contributed by atoms with Crippen LogP contribution in [0.4, 0.5) is 0 Å². The molecule has 1 aromatic rings. The van der Waals surface area contributed by atoms with Crippen LogP contribution in [-0.2, 0) is 24.1 Å². The first-order valence-electron chi connectivity index (χ1n) is 5.47. The lowest BCUT2D eigenvalue weighted by atomic mass is 10.2. The monoisotopic (exact) mass is 322 g/mol. The van der Waals surface area contributed by atoms with Gasteiger partial charge in [-0.15, -0.1) is 0 Å². The smallest absolute Gasteiger partial charge is 0.0758 e. The fraction of sp³-hybridized carbons (Fsp3) is 0.727. The fourth-order valence-corrected chi connectivity index (χ4v) is 2.79. The van der Waals surface area contributed by atoms with Crippen LogP contribution in [0.3, 0.4) is 0 Å². The maximum absolute atomic E-state index is 5.06. The van der Waals surface area contributed by atoms with Gasteiger partial charge in [-0.3, -0.25) is 4.68 Å². The van der Waals surface area contributed by atoms with Gasteiger partial charge in [0.2, 0.25) is 0 Å². The van der Waals surface area contributed by atoms with E-state index in [9.17, 15) is 0 Å². The lowest BCUT2D eigenvalue weighted by Gasteiger charge is -2.05. The Morgan fingerprint density at radius 2 is 2.07 bits per heavy atom. The SMILES string of the molecule is CCc1nn(CCCOC)c(CC)c1I. The molecule has 0 aromatic carbocycles. The number of methoxy groups -OCH3 is 1. The number of ether oxygens (including phenoxy) is 1.